The number of anilines is 2. The predicted molar refractivity (Wildman–Crippen MR) is 118 cm³/mol. The largest absolute Gasteiger partial charge is 0.398 e. The second-order valence-corrected chi connectivity index (χ2v) is 10.5. The second kappa shape index (κ2) is 6.42. The molecular weight excluding hydrogens is 356 g/mol. The molecule has 0 atom stereocenters. The molecule has 0 bridgehead atoms. The number of hydrogen-bond donors (Lipinski definition) is 4. The van der Waals surface area contributed by atoms with Crippen LogP contribution in [0.3, 0.4) is 0 Å². The van der Waals surface area contributed by atoms with Gasteiger partial charge in [-0.2, -0.15) is 0 Å². The standard InChI is InChI=1S/C22H30N2S2/c1-20(2)11-21(3,4)13-22(12-20,14-5-7-16(23)18(25)9-14)15-6-8-17(24)19(26)10-15/h5-10,25-26H,11-13,23-24H2,1-4H3. The first kappa shape index (κ1) is 19.5. The van der Waals surface area contributed by atoms with E-state index in [0.29, 0.717) is 11.4 Å². The number of hydrogen-bond acceptors (Lipinski definition) is 4. The highest BCUT2D eigenvalue weighted by Crippen LogP contribution is 2.58. The Morgan fingerprint density at radius 2 is 1.08 bits per heavy atom. The smallest absolute Gasteiger partial charge is 0.0449 e. The Hall–Kier alpha value is -1.26. The van der Waals surface area contributed by atoms with Crippen LogP contribution in [0.5, 0.6) is 0 Å². The molecule has 0 saturated heterocycles. The molecule has 2 nitrogen and oxygen atoms in total. The minimum absolute atomic E-state index is 0.110. The number of thiol groups is 2. The zero-order chi connectivity index (χ0) is 19.3. The van der Waals surface area contributed by atoms with E-state index < -0.39 is 0 Å². The molecule has 1 aliphatic rings. The van der Waals surface area contributed by atoms with E-state index in [9.17, 15) is 0 Å². The molecule has 1 aliphatic carbocycles. The van der Waals surface area contributed by atoms with Gasteiger partial charge >= 0.3 is 0 Å². The summed E-state index contributed by atoms with van der Waals surface area (Å²) in [4.78, 5) is 1.68. The topological polar surface area (TPSA) is 52.0 Å². The molecule has 3 rings (SSSR count). The van der Waals surface area contributed by atoms with Crippen LogP contribution >= 0.6 is 25.3 Å². The molecular formula is C22H30N2S2. The van der Waals surface area contributed by atoms with Gasteiger partial charge in [0.1, 0.15) is 0 Å². The Kier molecular flexibility index (Phi) is 4.81. The van der Waals surface area contributed by atoms with E-state index in [1.54, 1.807) is 0 Å². The van der Waals surface area contributed by atoms with Crippen molar-refractivity contribution in [2.24, 2.45) is 10.8 Å². The van der Waals surface area contributed by atoms with E-state index in [2.05, 4.69) is 77.2 Å². The first-order chi connectivity index (χ1) is 11.9. The molecule has 0 aliphatic heterocycles. The van der Waals surface area contributed by atoms with Gasteiger partial charge in [-0.1, -0.05) is 39.8 Å². The van der Waals surface area contributed by atoms with Gasteiger partial charge in [0, 0.05) is 26.6 Å². The van der Waals surface area contributed by atoms with Crippen LogP contribution in [0, 0.1) is 10.8 Å². The summed E-state index contributed by atoms with van der Waals surface area (Å²) in [5.41, 5.74) is 16.4. The lowest BCUT2D eigenvalue weighted by Gasteiger charge is -2.53. The molecule has 26 heavy (non-hydrogen) atoms. The van der Waals surface area contributed by atoms with Gasteiger partial charge in [-0.05, 0) is 65.5 Å². The Labute approximate surface area is 168 Å². The SMILES string of the molecule is CC1(C)CC(C)(C)CC(c2ccc(N)c(S)c2)(c2ccc(N)c(S)c2)C1. The van der Waals surface area contributed by atoms with Gasteiger partial charge in [-0.25, -0.2) is 0 Å². The van der Waals surface area contributed by atoms with Crippen LogP contribution in [0.4, 0.5) is 11.4 Å². The highest BCUT2D eigenvalue weighted by atomic mass is 32.1. The molecule has 4 heteroatoms. The quantitative estimate of drug-likeness (QED) is 0.381. The maximum Gasteiger partial charge on any atom is 0.0449 e. The lowest BCUT2D eigenvalue weighted by Crippen LogP contribution is -2.45. The molecule has 0 radical (unpaired) electrons. The van der Waals surface area contributed by atoms with E-state index in [0.717, 1.165) is 22.6 Å². The van der Waals surface area contributed by atoms with Gasteiger partial charge in [-0.15, -0.1) is 25.3 Å². The van der Waals surface area contributed by atoms with E-state index in [4.69, 9.17) is 11.5 Å². The van der Waals surface area contributed by atoms with E-state index >= 15 is 0 Å². The zero-order valence-corrected chi connectivity index (χ0v) is 17.9. The number of rotatable bonds is 2. The highest BCUT2D eigenvalue weighted by Gasteiger charge is 2.49. The first-order valence-corrected chi connectivity index (χ1v) is 10.0. The van der Waals surface area contributed by atoms with Crippen LogP contribution in [0.15, 0.2) is 46.2 Å². The summed E-state index contributed by atoms with van der Waals surface area (Å²) in [6, 6.07) is 12.6. The summed E-state index contributed by atoms with van der Waals surface area (Å²) < 4.78 is 0. The zero-order valence-electron chi connectivity index (χ0n) is 16.1. The van der Waals surface area contributed by atoms with Gasteiger partial charge in [-0.3, -0.25) is 0 Å². The molecule has 0 spiro atoms. The molecule has 4 N–H and O–H groups in total. The van der Waals surface area contributed by atoms with E-state index in [-0.39, 0.29) is 16.2 Å². The second-order valence-electron chi connectivity index (χ2n) is 9.49. The maximum atomic E-state index is 6.05. The summed E-state index contributed by atoms with van der Waals surface area (Å²) in [7, 11) is 0. The predicted octanol–water partition coefficient (Wildman–Crippen LogP) is 5.95. The van der Waals surface area contributed by atoms with Crippen LogP contribution < -0.4 is 11.5 Å². The van der Waals surface area contributed by atoms with Crippen LogP contribution in [-0.2, 0) is 5.41 Å². The lowest BCUT2D eigenvalue weighted by molar-refractivity contribution is 0.0625. The first-order valence-electron chi connectivity index (χ1n) is 9.12. The van der Waals surface area contributed by atoms with E-state index in [1.165, 1.54) is 17.5 Å². The molecule has 0 unspecified atom stereocenters. The van der Waals surface area contributed by atoms with Crippen molar-refractivity contribution in [1.29, 1.82) is 0 Å². The summed E-state index contributed by atoms with van der Waals surface area (Å²) in [6.07, 6.45) is 3.34. The van der Waals surface area contributed by atoms with Crippen LogP contribution in [-0.4, -0.2) is 0 Å². The van der Waals surface area contributed by atoms with Crippen molar-refractivity contribution >= 4 is 36.6 Å². The van der Waals surface area contributed by atoms with Gasteiger partial charge in [0.2, 0.25) is 0 Å². The van der Waals surface area contributed by atoms with Crippen LogP contribution in [0.1, 0.15) is 58.1 Å². The van der Waals surface area contributed by atoms with Crippen molar-refractivity contribution in [1.82, 2.24) is 0 Å². The van der Waals surface area contributed by atoms with Gasteiger partial charge in [0.05, 0.1) is 0 Å². The number of benzene rings is 2. The Bertz CT molecular complexity index is 771. The van der Waals surface area contributed by atoms with Crippen LogP contribution in [0.2, 0.25) is 0 Å². The number of nitrogens with two attached hydrogens (primary N) is 2. The fourth-order valence-electron chi connectivity index (χ4n) is 5.37. The molecule has 2 aromatic rings. The molecule has 0 amide bonds. The van der Waals surface area contributed by atoms with E-state index in [1.807, 2.05) is 12.1 Å². The fourth-order valence-corrected chi connectivity index (χ4v) is 5.80. The Morgan fingerprint density at radius 3 is 1.42 bits per heavy atom. The molecule has 0 aromatic heterocycles. The van der Waals surface area contributed by atoms with Crippen molar-refractivity contribution in [3.05, 3.63) is 47.5 Å². The Balaban J connectivity index is 2.27. The summed E-state index contributed by atoms with van der Waals surface area (Å²) in [5.74, 6) is 0. The summed E-state index contributed by atoms with van der Waals surface area (Å²) in [6.45, 7) is 9.50. The maximum absolute atomic E-state index is 6.05. The van der Waals surface area contributed by atoms with Crippen LogP contribution in [0.25, 0.3) is 0 Å². The summed E-state index contributed by atoms with van der Waals surface area (Å²) >= 11 is 9.20. The van der Waals surface area contributed by atoms with Gasteiger partial charge in [0.25, 0.3) is 0 Å². The van der Waals surface area contributed by atoms with Crippen molar-refractivity contribution in [2.45, 2.75) is 62.2 Å². The molecule has 1 fully saturated rings. The van der Waals surface area contributed by atoms with Gasteiger partial charge in [0.15, 0.2) is 0 Å². The lowest BCUT2D eigenvalue weighted by atomic mass is 9.51. The average Bonchev–Trinajstić information content (AvgIpc) is 2.49. The minimum Gasteiger partial charge on any atom is -0.398 e. The van der Waals surface area contributed by atoms with Crippen molar-refractivity contribution in [3.63, 3.8) is 0 Å². The molecule has 0 heterocycles. The highest BCUT2D eigenvalue weighted by molar-refractivity contribution is 7.80. The van der Waals surface area contributed by atoms with Gasteiger partial charge < -0.3 is 11.5 Å². The summed E-state index contributed by atoms with van der Waals surface area (Å²) in [5, 5.41) is 0. The Morgan fingerprint density at radius 1 is 0.692 bits per heavy atom. The normalized spacial score (nSPS) is 20.7. The number of nitrogen functional groups attached to an aromatic ring is 2. The monoisotopic (exact) mass is 386 g/mol. The minimum atomic E-state index is -0.110. The van der Waals surface area contributed by atoms with Crippen molar-refractivity contribution in [2.75, 3.05) is 11.5 Å². The third-order valence-corrected chi connectivity index (χ3v) is 6.46. The fraction of sp³-hybridized carbons (Fsp3) is 0.455. The molecule has 2 aromatic carbocycles. The molecule has 140 valence electrons. The third-order valence-electron chi connectivity index (χ3n) is 5.68. The third kappa shape index (κ3) is 3.59. The van der Waals surface area contributed by atoms with Crippen molar-refractivity contribution in [3.8, 4) is 0 Å². The van der Waals surface area contributed by atoms with Crippen molar-refractivity contribution < 1.29 is 0 Å². The molecule has 1 saturated carbocycles. The average molecular weight is 387 g/mol.